The number of hydrogen-bond donors (Lipinski definition) is 0. The van der Waals surface area contributed by atoms with Gasteiger partial charge in [0.05, 0.1) is 4.75 Å². The van der Waals surface area contributed by atoms with E-state index in [4.69, 9.17) is 0 Å². The molecule has 0 aliphatic carbocycles. The summed E-state index contributed by atoms with van der Waals surface area (Å²) in [7, 11) is 2.24. The number of fused-ring (bicyclic) bond motifs is 1. The minimum absolute atomic E-state index is 0.0183. The Labute approximate surface area is 162 Å². The Kier molecular flexibility index (Phi) is 4.75. The Morgan fingerprint density at radius 1 is 1.00 bits per heavy atom. The molecule has 136 valence electrons. The van der Waals surface area contributed by atoms with Gasteiger partial charge in [-0.15, -0.1) is 11.8 Å². The molecule has 2 heteroatoms. The predicted octanol–water partition coefficient (Wildman–Crippen LogP) is 6.31. The van der Waals surface area contributed by atoms with Crippen molar-refractivity contribution >= 4 is 17.3 Å². The lowest BCUT2D eigenvalue weighted by atomic mass is 9.81. The van der Waals surface area contributed by atoms with Crippen molar-refractivity contribution in [2.75, 3.05) is 20.1 Å². The third-order valence-electron chi connectivity index (χ3n) is 6.00. The largest absolute Gasteiger partial charge is 0.306 e. The molecule has 1 atom stereocenters. The highest BCUT2D eigenvalue weighted by molar-refractivity contribution is 8.01. The molecule has 2 aromatic rings. The number of likely N-dealkylation sites (tertiary alicyclic amines) is 1. The van der Waals surface area contributed by atoms with Crippen LogP contribution in [0, 0.1) is 0 Å². The molecule has 4 rings (SSSR count). The summed E-state index contributed by atoms with van der Waals surface area (Å²) < 4.78 is 0.0183. The molecule has 0 spiro atoms. The van der Waals surface area contributed by atoms with Crippen LogP contribution in [0.2, 0.25) is 0 Å². The fourth-order valence-electron chi connectivity index (χ4n) is 4.34. The quantitative estimate of drug-likeness (QED) is 0.615. The van der Waals surface area contributed by atoms with Gasteiger partial charge in [0.1, 0.15) is 0 Å². The molecular formula is C24H29NS. The van der Waals surface area contributed by atoms with Crippen LogP contribution >= 0.6 is 11.8 Å². The van der Waals surface area contributed by atoms with Gasteiger partial charge in [0.25, 0.3) is 0 Å². The van der Waals surface area contributed by atoms with Gasteiger partial charge < -0.3 is 4.90 Å². The van der Waals surface area contributed by atoms with Gasteiger partial charge in [-0.2, -0.15) is 0 Å². The molecule has 0 radical (unpaired) electrons. The molecule has 0 N–H and O–H groups in total. The van der Waals surface area contributed by atoms with E-state index in [-0.39, 0.29) is 4.75 Å². The van der Waals surface area contributed by atoms with Gasteiger partial charge in [-0.25, -0.2) is 0 Å². The van der Waals surface area contributed by atoms with Crippen LogP contribution in [0.3, 0.4) is 0 Å². The van der Waals surface area contributed by atoms with Crippen molar-refractivity contribution in [1.29, 1.82) is 0 Å². The normalized spacial score (nSPS) is 23.6. The second-order valence-corrected chi connectivity index (χ2v) is 9.65. The van der Waals surface area contributed by atoms with E-state index in [0.717, 1.165) is 0 Å². The lowest BCUT2D eigenvalue weighted by molar-refractivity contribution is 0.312. The van der Waals surface area contributed by atoms with Crippen molar-refractivity contribution in [3.8, 4) is 0 Å². The maximum Gasteiger partial charge on any atom is 0.0681 e. The first-order valence-corrected chi connectivity index (χ1v) is 10.6. The summed E-state index contributed by atoms with van der Waals surface area (Å²) in [6.45, 7) is 9.37. The van der Waals surface area contributed by atoms with Crippen molar-refractivity contribution in [2.45, 2.75) is 49.2 Å². The summed E-state index contributed by atoms with van der Waals surface area (Å²) in [4.78, 5) is 3.90. The zero-order valence-corrected chi connectivity index (χ0v) is 17.2. The molecule has 0 aromatic heterocycles. The lowest BCUT2D eigenvalue weighted by Gasteiger charge is -2.32. The molecular weight excluding hydrogens is 334 g/mol. The van der Waals surface area contributed by atoms with Crippen molar-refractivity contribution in [3.05, 3.63) is 70.8 Å². The first kappa shape index (κ1) is 17.9. The van der Waals surface area contributed by atoms with Crippen molar-refractivity contribution in [1.82, 2.24) is 4.90 Å². The molecule has 2 heterocycles. The highest BCUT2D eigenvalue weighted by Gasteiger charge is 2.42. The van der Waals surface area contributed by atoms with Crippen molar-refractivity contribution in [3.63, 3.8) is 0 Å². The summed E-state index contributed by atoms with van der Waals surface area (Å²) in [5.74, 6) is 0.567. The van der Waals surface area contributed by atoms with E-state index < -0.39 is 0 Å². The van der Waals surface area contributed by atoms with E-state index in [0.29, 0.717) is 5.92 Å². The fourth-order valence-corrected chi connectivity index (χ4v) is 5.80. The topological polar surface area (TPSA) is 3.24 Å². The Bertz CT molecular complexity index is 827. The minimum Gasteiger partial charge on any atom is -0.306 e. The Morgan fingerprint density at radius 3 is 2.35 bits per heavy atom. The van der Waals surface area contributed by atoms with Crippen LogP contribution in [0.1, 0.15) is 56.2 Å². The van der Waals surface area contributed by atoms with Crippen LogP contribution in [0.5, 0.6) is 0 Å². The monoisotopic (exact) mass is 363 g/mol. The summed E-state index contributed by atoms with van der Waals surface area (Å²) in [5, 5.41) is 0. The van der Waals surface area contributed by atoms with Gasteiger partial charge in [0.15, 0.2) is 0 Å². The second-order valence-electron chi connectivity index (χ2n) is 8.19. The van der Waals surface area contributed by atoms with Gasteiger partial charge in [0, 0.05) is 18.0 Å². The van der Waals surface area contributed by atoms with Crippen LogP contribution in [-0.4, -0.2) is 25.0 Å². The Balaban J connectivity index is 1.90. The number of thioether (sulfide) groups is 1. The molecule has 1 unspecified atom stereocenters. The minimum atomic E-state index is 0.0183. The van der Waals surface area contributed by atoms with Crippen LogP contribution < -0.4 is 0 Å². The molecule has 1 saturated heterocycles. The van der Waals surface area contributed by atoms with E-state index in [1.807, 2.05) is 11.8 Å². The van der Waals surface area contributed by atoms with Crippen LogP contribution in [0.25, 0.3) is 5.57 Å². The molecule has 2 aliphatic heterocycles. The number of piperidine rings is 1. The molecule has 2 aromatic carbocycles. The summed E-state index contributed by atoms with van der Waals surface area (Å²) in [5.41, 5.74) is 7.63. The highest BCUT2D eigenvalue weighted by atomic mass is 32.2. The highest BCUT2D eigenvalue weighted by Crippen LogP contribution is 2.60. The van der Waals surface area contributed by atoms with Crippen molar-refractivity contribution < 1.29 is 0 Å². The van der Waals surface area contributed by atoms with Crippen molar-refractivity contribution in [2.24, 2.45) is 0 Å². The number of benzene rings is 2. The molecule has 0 bridgehead atoms. The number of nitrogens with zero attached hydrogens (tertiary/aromatic N) is 1. The molecule has 1 fully saturated rings. The van der Waals surface area contributed by atoms with Gasteiger partial charge in [-0.05, 0) is 61.1 Å². The number of hydrogen-bond acceptors (Lipinski definition) is 2. The van der Waals surface area contributed by atoms with Gasteiger partial charge in [0.2, 0.25) is 0 Å². The van der Waals surface area contributed by atoms with Crippen LogP contribution in [0.15, 0.2) is 59.0 Å². The average Bonchev–Trinajstić information content (AvgIpc) is 2.95. The first-order valence-electron chi connectivity index (χ1n) is 9.79. The van der Waals surface area contributed by atoms with E-state index >= 15 is 0 Å². The molecule has 0 saturated carbocycles. The van der Waals surface area contributed by atoms with Crippen LogP contribution in [-0.2, 0) is 4.75 Å². The average molecular weight is 364 g/mol. The Hall–Kier alpha value is -1.51. The third-order valence-corrected chi connectivity index (χ3v) is 7.42. The zero-order chi connectivity index (χ0) is 18.3. The molecule has 1 nitrogen and oxygen atoms in total. The fraction of sp³-hybridized carbons (Fsp3) is 0.417. The molecule has 0 amide bonds. The maximum atomic E-state index is 2.47. The van der Waals surface area contributed by atoms with Gasteiger partial charge >= 0.3 is 0 Å². The zero-order valence-electron chi connectivity index (χ0n) is 16.4. The SMILES string of the molecule is CC(C)c1ccc2c(c1)C(=C1CCN(C)CC1)C(C)(c1ccccc1)S2. The van der Waals surface area contributed by atoms with E-state index in [1.165, 1.54) is 47.5 Å². The number of rotatable bonds is 2. The lowest BCUT2D eigenvalue weighted by Crippen LogP contribution is -2.28. The summed E-state index contributed by atoms with van der Waals surface area (Å²) >= 11 is 2.04. The van der Waals surface area contributed by atoms with Gasteiger partial charge in [-0.1, -0.05) is 61.9 Å². The predicted molar refractivity (Wildman–Crippen MR) is 114 cm³/mol. The maximum absolute atomic E-state index is 2.47. The summed E-state index contributed by atoms with van der Waals surface area (Å²) in [6.07, 6.45) is 2.39. The second kappa shape index (κ2) is 6.90. The molecule has 2 aliphatic rings. The summed E-state index contributed by atoms with van der Waals surface area (Å²) in [6, 6.07) is 18.3. The molecule has 26 heavy (non-hydrogen) atoms. The smallest absolute Gasteiger partial charge is 0.0681 e. The van der Waals surface area contributed by atoms with Crippen LogP contribution in [0.4, 0.5) is 0 Å². The Morgan fingerprint density at radius 2 is 1.69 bits per heavy atom. The standard InChI is InChI=1S/C24H29NS/c1-17(2)19-10-11-22-21(16-19)23(18-12-14-25(4)15-13-18)24(3,26-22)20-8-6-5-7-9-20/h5-11,16-17H,12-15H2,1-4H3. The van der Waals surface area contributed by atoms with E-state index in [2.05, 4.69) is 81.2 Å². The van der Waals surface area contributed by atoms with E-state index in [9.17, 15) is 0 Å². The van der Waals surface area contributed by atoms with Gasteiger partial charge in [-0.3, -0.25) is 0 Å². The first-order chi connectivity index (χ1) is 12.5. The third kappa shape index (κ3) is 3.04. The van der Waals surface area contributed by atoms with E-state index in [1.54, 1.807) is 11.1 Å².